The van der Waals surface area contributed by atoms with Gasteiger partial charge in [-0.3, -0.25) is 4.99 Å². The second-order valence-corrected chi connectivity index (χ2v) is 7.02. The van der Waals surface area contributed by atoms with Crippen LogP contribution in [0.2, 0.25) is 0 Å². The fourth-order valence-electron chi connectivity index (χ4n) is 4.07. The van der Waals surface area contributed by atoms with Crippen LogP contribution in [0.25, 0.3) is 0 Å². The third kappa shape index (κ3) is 1.64. The summed E-state index contributed by atoms with van der Waals surface area (Å²) in [6.45, 7) is 9.30. The summed E-state index contributed by atoms with van der Waals surface area (Å²) < 4.78 is 0. The van der Waals surface area contributed by atoms with Crippen molar-refractivity contribution in [3.63, 3.8) is 0 Å². The van der Waals surface area contributed by atoms with E-state index in [0.29, 0.717) is 5.41 Å². The van der Waals surface area contributed by atoms with Gasteiger partial charge in [0, 0.05) is 16.5 Å². The summed E-state index contributed by atoms with van der Waals surface area (Å²) in [5.74, 6) is 0.840. The molecule has 1 aromatic carbocycles. The molecule has 0 unspecified atom stereocenters. The number of rotatable bonds is 1. The van der Waals surface area contributed by atoms with Crippen LogP contribution in [0.15, 0.2) is 29.3 Å². The average molecular weight is 241 g/mol. The SMILES string of the molecule is Cc1ccc(N=C2C(C)(C)[C@H]3CC[C@]2(C)C3)cc1. The van der Waals surface area contributed by atoms with E-state index < -0.39 is 0 Å². The van der Waals surface area contributed by atoms with Crippen LogP contribution in [0.5, 0.6) is 0 Å². The van der Waals surface area contributed by atoms with E-state index in [-0.39, 0.29) is 5.41 Å². The summed E-state index contributed by atoms with van der Waals surface area (Å²) in [6, 6.07) is 8.60. The molecule has 1 nitrogen and oxygen atoms in total. The minimum atomic E-state index is 0.290. The molecule has 0 N–H and O–H groups in total. The highest BCUT2D eigenvalue weighted by atomic mass is 14.8. The highest BCUT2D eigenvalue weighted by molar-refractivity contribution is 5.99. The summed E-state index contributed by atoms with van der Waals surface area (Å²) >= 11 is 0. The Kier molecular flexibility index (Phi) is 2.45. The molecule has 2 aliphatic rings. The number of aliphatic imine (C=N–C) groups is 1. The summed E-state index contributed by atoms with van der Waals surface area (Å²) in [5, 5.41) is 0. The third-order valence-corrected chi connectivity index (χ3v) is 5.22. The summed E-state index contributed by atoms with van der Waals surface area (Å²) in [7, 11) is 0. The molecule has 0 saturated heterocycles. The normalized spacial score (nSPS) is 35.3. The fourth-order valence-corrected chi connectivity index (χ4v) is 4.07. The lowest BCUT2D eigenvalue weighted by Gasteiger charge is -2.35. The molecule has 0 heterocycles. The highest BCUT2D eigenvalue weighted by Crippen LogP contribution is 2.60. The zero-order valence-electron chi connectivity index (χ0n) is 12.0. The van der Waals surface area contributed by atoms with Gasteiger partial charge in [-0.2, -0.15) is 0 Å². The number of hydrogen-bond acceptors (Lipinski definition) is 1. The van der Waals surface area contributed by atoms with Crippen molar-refractivity contribution in [2.24, 2.45) is 21.7 Å². The van der Waals surface area contributed by atoms with E-state index in [1.165, 1.54) is 30.5 Å². The number of fused-ring (bicyclic) bond motifs is 2. The van der Waals surface area contributed by atoms with Gasteiger partial charge in [0.1, 0.15) is 0 Å². The minimum absolute atomic E-state index is 0.290. The number of aryl methyl sites for hydroxylation is 1. The van der Waals surface area contributed by atoms with Gasteiger partial charge in [0.05, 0.1) is 5.69 Å². The van der Waals surface area contributed by atoms with E-state index in [4.69, 9.17) is 4.99 Å². The van der Waals surface area contributed by atoms with Gasteiger partial charge in [0.25, 0.3) is 0 Å². The van der Waals surface area contributed by atoms with Crippen molar-refractivity contribution in [2.45, 2.75) is 47.0 Å². The molecule has 0 amide bonds. The standard InChI is InChI=1S/C17H23N/c1-12-5-7-14(8-6-12)18-15-16(2,3)13-9-10-17(15,4)11-13/h5-8,13H,9-11H2,1-4H3/t13-,17+/m0/s1. The molecule has 2 fully saturated rings. The van der Waals surface area contributed by atoms with Gasteiger partial charge in [-0.25, -0.2) is 0 Å². The lowest BCUT2D eigenvalue weighted by molar-refractivity contribution is 0.333. The molecule has 2 bridgehead atoms. The van der Waals surface area contributed by atoms with E-state index >= 15 is 0 Å². The zero-order chi connectivity index (χ0) is 13.0. The van der Waals surface area contributed by atoms with Crippen molar-refractivity contribution < 1.29 is 0 Å². The van der Waals surface area contributed by atoms with Gasteiger partial charge in [-0.15, -0.1) is 0 Å². The molecule has 2 aliphatic carbocycles. The summed E-state index contributed by atoms with van der Waals surface area (Å²) in [5.41, 5.74) is 4.52. The van der Waals surface area contributed by atoms with Crippen molar-refractivity contribution >= 4 is 11.4 Å². The molecular weight excluding hydrogens is 218 g/mol. The van der Waals surface area contributed by atoms with Crippen molar-refractivity contribution in [1.29, 1.82) is 0 Å². The van der Waals surface area contributed by atoms with E-state index in [9.17, 15) is 0 Å². The molecule has 1 heteroatoms. The molecule has 96 valence electrons. The molecule has 2 atom stereocenters. The first-order valence-electron chi connectivity index (χ1n) is 7.08. The van der Waals surface area contributed by atoms with Gasteiger partial charge in [0.15, 0.2) is 0 Å². The van der Waals surface area contributed by atoms with Gasteiger partial charge in [-0.1, -0.05) is 38.5 Å². The van der Waals surface area contributed by atoms with Crippen molar-refractivity contribution in [3.8, 4) is 0 Å². The molecule has 2 saturated carbocycles. The largest absolute Gasteiger partial charge is 0.257 e. The quantitative estimate of drug-likeness (QED) is 0.662. The molecule has 18 heavy (non-hydrogen) atoms. The van der Waals surface area contributed by atoms with Crippen LogP contribution >= 0.6 is 0 Å². The van der Waals surface area contributed by atoms with E-state index in [0.717, 1.165) is 11.6 Å². The van der Waals surface area contributed by atoms with E-state index in [1.807, 2.05) is 0 Å². The maximum Gasteiger partial charge on any atom is 0.0629 e. The maximum atomic E-state index is 5.02. The molecular formula is C17H23N. The van der Waals surface area contributed by atoms with Crippen LogP contribution < -0.4 is 0 Å². The Morgan fingerprint density at radius 1 is 1.11 bits per heavy atom. The molecule has 3 rings (SSSR count). The van der Waals surface area contributed by atoms with Gasteiger partial charge in [0.2, 0.25) is 0 Å². The van der Waals surface area contributed by atoms with Crippen LogP contribution in [-0.2, 0) is 0 Å². The average Bonchev–Trinajstić information content (AvgIpc) is 2.78. The first-order valence-corrected chi connectivity index (χ1v) is 7.08. The Morgan fingerprint density at radius 3 is 2.33 bits per heavy atom. The van der Waals surface area contributed by atoms with Crippen molar-refractivity contribution in [2.75, 3.05) is 0 Å². The molecule has 0 aliphatic heterocycles. The smallest absolute Gasteiger partial charge is 0.0629 e. The van der Waals surface area contributed by atoms with Crippen LogP contribution in [0, 0.1) is 23.7 Å². The Hall–Kier alpha value is -1.11. The summed E-state index contributed by atoms with van der Waals surface area (Å²) in [6.07, 6.45) is 4.05. The second kappa shape index (κ2) is 3.69. The lowest BCUT2D eigenvalue weighted by Crippen LogP contribution is -2.35. The monoisotopic (exact) mass is 241 g/mol. The fraction of sp³-hybridized carbons (Fsp3) is 0.588. The molecule has 0 aromatic heterocycles. The van der Waals surface area contributed by atoms with Crippen molar-refractivity contribution in [1.82, 2.24) is 0 Å². The topological polar surface area (TPSA) is 12.4 Å². The molecule has 0 radical (unpaired) electrons. The first-order chi connectivity index (χ1) is 8.42. The van der Waals surface area contributed by atoms with E-state index in [1.54, 1.807) is 0 Å². The number of benzene rings is 1. The Morgan fingerprint density at radius 2 is 1.78 bits per heavy atom. The van der Waals surface area contributed by atoms with Gasteiger partial charge >= 0.3 is 0 Å². The van der Waals surface area contributed by atoms with Crippen molar-refractivity contribution in [3.05, 3.63) is 29.8 Å². The minimum Gasteiger partial charge on any atom is -0.257 e. The van der Waals surface area contributed by atoms with Gasteiger partial charge < -0.3 is 0 Å². The third-order valence-electron chi connectivity index (χ3n) is 5.22. The molecule has 1 aromatic rings. The predicted molar refractivity (Wildman–Crippen MR) is 77.5 cm³/mol. The van der Waals surface area contributed by atoms with E-state index in [2.05, 4.69) is 52.0 Å². The Labute approximate surface area is 110 Å². The van der Waals surface area contributed by atoms with Crippen LogP contribution in [0.4, 0.5) is 5.69 Å². The molecule has 0 spiro atoms. The number of hydrogen-bond donors (Lipinski definition) is 0. The van der Waals surface area contributed by atoms with Crippen LogP contribution in [0.1, 0.15) is 45.6 Å². The zero-order valence-corrected chi connectivity index (χ0v) is 12.0. The predicted octanol–water partition coefficient (Wildman–Crippen LogP) is 4.91. The van der Waals surface area contributed by atoms with Crippen LogP contribution in [-0.4, -0.2) is 5.71 Å². The summed E-state index contributed by atoms with van der Waals surface area (Å²) in [4.78, 5) is 5.02. The van der Waals surface area contributed by atoms with Gasteiger partial charge in [-0.05, 0) is 44.2 Å². The Balaban J connectivity index is 2.03. The second-order valence-electron chi connectivity index (χ2n) is 7.02. The lowest BCUT2D eigenvalue weighted by atomic mass is 9.71. The number of nitrogens with zero attached hydrogens (tertiary/aromatic N) is 1. The highest BCUT2D eigenvalue weighted by Gasteiger charge is 2.56. The first kappa shape index (κ1) is 12.0. The maximum absolute atomic E-state index is 5.02. The Bertz CT molecular complexity index is 488. The van der Waals surface area contributed by atoms with Crippen LogP contribution in [0.3, 0.4) is 0 Å².